The maximum absolute atomic E-state index is 12.9. The van der Waals surface area contributed by atoms with Crippen molar-refractivity contribution in [3.05, 3.63) is 134 Å². The Labute approximate surface area is 462 Å². The van der Waals surface area contributed by atoms with Gasteiger partial charge in [0.2, 0.25) is 0 Å². The number of unbranched alkanes of at least 4 members (excludes halogenated alkanes) is 21. The van der Waals surface area contributed by atoms with E-state index >= 15 is 0 Å². The highest BCUT2D eigenvalue weighted by atomic mass is 16.6. The minimum atomic E-state index is -0.818. The molecule has 1 atom stereocenters. The van der Waals surface area contributed by atoms with Gasteiger partial charge in [-0.05, 0) is 135 Å². The topological polar surface area (TPSA) is 78.9 Å². The second kappa shape index (κ2) is 62.1. The number of esters is 3. The molecule has 0 saturated heterocycles. The highest BCUT2D eigenvalue weighted by molar-refractivity contribution is 5.71. The van der Waals surface area contributed by atoms with Gasteiger partial charge in [-0.3, -0.25) is 14.4 Å². The molecule has 0 radical (unpaired) electrons. The van der Waals surface area contributed by atoms with E-state index in [-0.39, 0.29) is 37.5 Å². The van der Waals surface area contributed by atoms with Crippen LogP contribution in [0.1, 0.15) is 265 Å². The average Bonchev–Trinajstić information content (AvgIpc) is 3.41. The van der Waals surface area contributed by atoms with Crippen LogP contribution < -0.4 is 0 Å². The van der Waals surface area contributed by atoms with Gasteiger partial charge in [-0.25, -0.2) is 0 Å². The molecule has 0 aromatic rings. The molecule has 0 fully saturated rings. The lowest BCUT2D eigenvalue weighted by Gasteiger charge is -2.18. The SMILES string of the molecule is CC/C=C\C/C=C\C/C=C\C/C=C\C/C=C\C/C=C\C/C=C\CCCC(=O)OCC(COC(=O)CCCCCCC/C=C\CCCCCC)OC(=O)CCCCCCCC/C=C\C/C=C\C/C=C\CCCCCCC. The molecule has 0 aromatic heterocycles. The van der Waals surface area contributed by atoms with Gasteiger partial charge >= 0.3 is 17.9 Å². The molecule has 0 aromatic carbocycles. The monoisotopic (exact) mass is 1040 g/mol. The summed E-state index contributed by atoms with van der Waals surface area (Å²) in [5.74, 6) is -0.994. The lowest BCUT2D eigenvalue weighted by Crippen LogP contribution is -2.30. The fourth-order valence-corrected chi connectivity index (χ4v) is 8.02. The van der Waals surface area contributed by atoms with E-state index in [1.165, 1.54) is 89.9 Å². The molecule has 0 heterocycles. The smallest absolute Gasteiger partial charge is 0.306 e. The molecule has 0 aliphatic heterocycles. The molecule has 0 bridgehead atoms. The first kappa shape index (κ1) is 70.5. The fourth-order valence-electron chi connectivity index (χ4n) is 8.02. The third kappa shape index (κ3) is 60.3. The molecule has 0 rings (SSSR count). The van der Waals surface area contributed by atoms with Crippen LogP contribution in [0.15, 0.2) is 134 Å². The number of rotatable bonds is 54. The Morgan fingerprint density at radius 1 is 0.280 bits per heavy atom. The Morgan fingerprint density at radius 2 is 0.533 bits per heavy atom. The van der Waals surface area contributed by atoms with Gasteiger partial charge in [0.1, 0.15) is 13.2 Å². The van der Waals surface area contributed by atoms with Gasteiger partial charge in [-0.2, -0.15) is 0 Å². The fraction of sp³-hybridized carbons (Fsp3) is 0.638. The maximum Gasteiger partial charge on any atom is 0.306 e. The zero-order valence-electron chi connectivity index (χ0n) is 48.5. The van der Waals surface area contributed by atoms with Crippen LogP contribution in [0.5, 0.6) is 0 Å². The van der Waals surface area contributed by atoms with Crippen LogP contribution in [0.3, 0.4) is 0 Å². The van der Waals surface area contributed by atoms with Crippen LogP contribution in [0, 0.1) is 0 Å². The maximum atomic E-state index is 12.9. The number of carbonyl (C=O) groups excluding carboxylic acids is 3. The molecular weight excluding hydrogens is 925 g/mol. The predicted molar refractivity (Wildman–Crippen MR) is 325 cm³/mol. The number of hydrogen-bond acceptors (Lipinski definition) is 6. The molecule has 424 valence electrons. The normalized spacial score (nSPS) is 13.1. The van der Waals surface area contributed by atoms with Gasteiger partial charge < -0.3 is 14.2 Å². The van der Waals surface area contributed by atoms with E-state index in [9.17, 15) is 14.4 Å². The largest absolute Gasteiger partial charge is 0.462 e. The Morgan fingerprint density at radius 3 is 0.893 bits per heavy atom. The highest BCUT2D eigenvalue weighted by Crippen LogP contribution is 2.13. The second-order valence-electron chi connectivity index (χ2n) is 19.9. The number of carbonyl (C=O) groups is 3. The average molecular weight is 1040 g/mol. The van der Waals surface area contributed by atoms with E-state index in [0.29, 0.717) is 19.3 Å². The van der Waals surface area contributed by atoms with Crippen LogP contribution in [0.25, 0.3) is 0 Å². The van der Waals surface area contributed by atoms with Gasteiger partial charge in [0.25, 0.3) is 0 Å². The Hall–Kier alpha value is -4.45. The van der Waals surface area contributed by atoms with Crippen molar-refractivity contribution in [3.63, 3.8) is 0 Å². The molecule has 0 spiro atoms. The van der Waals surface area contributed by atoms with E-state index in [4.69, 9.17) is 14.2 Å². The van der Waals surface area contributed by atoms with Crippen LogP contribution in [0.4, 0.5) is 0 Å². The van der Waals surface area contributed by atoms with E-state index in [2.05, 4.69) is 154 Å². The van der Waals surface area contributed by atoms with E-state index in [1.807, 2.05) is 0 Å². The summed E-state index contributed by atoms with van der Waals surface area (Å²) in [5.41, 5.74) is 0. The van der Waals surface area contributed by atoms with Crippen molar-refractivity contribution >= 4 is 17.9 Å². The van der Waals surface area contributed by atoms with E-state index in [1.54, 1.807) is 0 Å². The third-order valence-electron chi connectivity index (χ3n) is 12.6. The van der Waals surface area contributed by atoms with Crippen LogP contribution in [-0.2, 0) is 28.6 Å². The van der Waals surface area contributed by atoms with Crippen molar-refractivity contribution < 1.29 is 28.6 Å². The second-order valence-corrected chi connectivity index (χ2v) is 19.9. The van der Waals surface area contributed by atoms with Crippen molar-refractivity contribution in [2.24, 2.45) is 0 Å². The summed E-state index contributed by atoms with van der Waals surface area (Å²) in [7, 11) is 0. The molecule has 0 aliphatic carbocycles. The first-order chi connectivity index (χ1) is 37.0. The molecule has 6 nitrogen and oxygen atoms in total. The summed E-state index contributed by atoms with van der Waals surface area (Å²) in [6, 6.07) is 0. The number of hydrogen-bond donors (Lipinski definition) is 0. The quantitative estimate of drug-likeness (QED) is 0.0261. The molecule has 0 aliphatic rings. The zero-order valence-corrected chi connectivity index (χ0v) is 48.5. The van der Waals surface area contributed by atoms with E-state index in [0.717, 1.165) is 128 Å². The van der Waals surface area contributed by atoms with Crippen LogP contribution in [0.2, 0.25) is 0 Å². The van der Waals surface area contributed by atoms with Crippen LogP contribution in [-0.4, -0.2) is 37.2 Å². The Balaban J connectivity index is 4.51. The summed E-state index contributed by atoms with van der Waals surface area (Å²) < 4.78 is 16.8. The lowest BCUT2D eigenvalue weighted by molar-refractivity contribution is -0.167. The van der Waals surface area contributed by atoms with Gasteiger partial charge in [-0.15, -0.1) is 0 Å². The first-order valence-electron chi connectivity index (χ1n) is 30.7. The minimum absolute atomic E-state index is 0.110. The predicted octanol–water partition coefficient (Wildman–Crippen LogP) is 21.0. The third-order valence-corrected chi connectivity index (χ3v) is 12.6. The molecular formula is C69H112O6. The molecule has 75 heavy (non-hydrogen) atoms. The number of ether oxygens (including phenoxy) is 3. The molecule has 0 amide bonds. The first-order valence-corrected chi connectivity index (χ1v) is 30.7. The Kier molecular flexibility index (Phi) is 58.4. The standard InChI is InChI=1S/C69H112O6/c1-4-7-10-13-16-19-22-25-27-29-31-33-34-36-37-39-41-44-47-50-53-56-59-62-68(71)74-65-66(64-73-67(70)61-58-55-52-49-46-43-24-21-18-15-12-9-6-3)75-69(72)63-60-57-54-51-48-45-42-40-38-35-32-30-28-26-23-20-17-14-11-8-5-2/h7,10,16,19,21,23-27,30-33,36-38,40-41,44,50,53,66H,4-6,8-9,11-15,17-18,20,22,28-29,34-35,39,42-43,45-49,51-52,54-65H2,1-3H3/b10-7-,19-16-,24-21-,26-23-,27-25-,32-30-,33-31-,37-36-,40-38-,44-41-,53-50-. The molecule has 0 saturated carbocycles. The summed E-state index contributed by atoms with van der Waals surface area (Å²) in [6.45, 7) is 6.43. The Bertz CT molecular complexity index is 1620. The van der Waals surface area contributed by atoms with Gasteiger partial charge in [0.15, 0.2) is 6.10 Å². The minimum Gasteiger partial charge on any atom is -0.462 e. The van der Waals surface area contributed by atoms with Crippen molar-refractivity contribution in [2.45, 2.75) is 271 Å². The molecule has 6 heteroatoms. The van der Waals surface area contributed by atoms with Crippen molar-refractivity contribution in [2.75, 3.05) is 13.2 Å². The van der Waals surface area contributed by atoms with Crippen LogP contribution >= 0.6 is 0 Å². The highest BCUT2D eigenvalue weighted by Gasteiger charge is 2.19. The summed E-state index contributed by atoms with van der Waals surface area (Å²) >= 11 is 0. The van der Waals surface area contributed by atoms with Gasteiger partial charge in [-0.1, -0.05) is 244 Å². The number of allylic oxidation sites excluding steroid dienone is 22. The molecule has 1 unspecified atom stereocenters. The van der Waals surface area contributed by atoms with Gasteiger partial charge in [0, 0.05) is 19.3 Å². The summed E-state index contributed by atoms with van der Waals surface area (Å²) in [4.78, 5) is 38.2. The van der Waals surface area contributed by atoms with Crippen molar-refractivity contribution in [1.82, 2.24) is 0 Å². The zero-order chi connectivity index (χ0) is 54.3. The van der Waals surface area contributed by atoms with Crippen molar-refractivity contribution in [3.8, 4) is 0 Å². The summed E-state index contributed by atoms with van der Waals surface area (Å²) in [5, 5.41) is 0. The van der Waals surface area contributed by atoms with Crippen molar-refractivity contribution in [1.29, 1.82) is 0 Å². The van der Waals surface area contributed by atoms with E-state index < -0.39 is 6.10 Å². The molecule has 0 N–H and O–H groups in total. The lowest BCUT2D eigenvalue weighted by atomic mass is 10.1. The van der Waals surface area contributed by atoms with Gasteiger partial charge in [0.05, 0.1) is 0 Å². The summed E-state index contributed by atoms with van der Waals surface area (Å²) in [6.07, 6.45) is 87.3.